The lowest BCUT2D eigenvalue weighted by atomic mass is 9.90. The SMILES string of the molecule is COc1ccc(OC)c(C(C)C(=O)C(C)C)c1. The second kappa shape index (κ2) is 5.71. The van der Waals surface area contributed by atoms with Crippen LogP contribution in [0.1, 0.15) is 32.3 Å². The van der Waals surface area contributed by atoms with Crippen molar-refractivity contribution >= 4 is 5.78 Å². The van der Waals surface area contributed by atoms with Crippen LogP contribution in [0.25, 0.3) is 0 Å². The number of carbonyl (C=O) groups excluding carboxylic acids is 1. The fraction of sp³-hybridized carbons (Fsp3) is 0.500. The van der Waals surface area contributed by atoms with E-state index >= 15 is 0 Å². The standard InChI is InChI=1S/C14H20O3/c1-9(2)14(15)10(3)12-8-11(16-4)6-7-13(12)17-5/h6-10H,1-5H3. The summed E-state index contributed by atoms with van der Waals surface area (Å²) >= 11 is 0. The Bertz CT molecular complexity index is 396. The molecular weight excluding hydrogens is 216 g/mol. The maximum absolute atomic E-state index is 12.0. The average molecular weight is 236 g/mol. The van der Waals surface area contributed by atoms with E-state index in [1.54, 1.807) is 14.2 Å². The Hall–Kier alpha value is -1.51. The van der Waals surface area contributed by atoms with E-state index in [-0.39, 0.29) is 17.6 Å². The molecule has 0 aliphatic rings. The molecule has 0 aliphatic heterocycles. The molecule has 0 amide bonds. The molecule has 1 aromatic rings. The van der Waals surface area contributed by atoms with Crippen molar-refractivity contribution in [3.8, 4) is 11.5 Å². The number of ether oxygens (including phenoxy) is 2. The van der Waals surface area contributed by atoms with Gasteiger partial charge in [0.2, 0.25) is 0 Å². The minimum atomic E-state index is -0.181. The lowest BCUT2D eigenvalue weighted by Gasteiger charge is -2.17. The van der Waals surface area contributed by atoms with Gasteiger partial charge in [-0.15, -0.1) is 0 Å². The summed E-state index contributed by atoms with van der Waals surface area (Å²) in [5.41, 5.74) is 0.880. The topological polar surface area (TPSA) is 35.5 Å². The van der Waals surface area contributed by atoms with Crippen LogP contribution in [-0.4, -0.2) is 20.0 Å². The largest absolute Gasteiger partial charge is 0.497 e. The molecule has 0 radical (unpaired) electrons. The molecule has 1 unspecified atom stereocenters. The summed E-state index contributed by atoms with van der Waals surface area (Å²) in [6.07, 6.45) is 0. The number of ketones is 1. The lowest BCUT2D eigenvalue weighted by molar-refractivity contribution is -0.123. The molecular formula is C14H20O3. The normalized spacial score (nSPS) is 12.4. The molecule has 1 rings (SSSR count). The smallest absolute Gasteiger partial charge is 0.142 e. The van der Waals surface area contributed by atoms with Crippen molar-refractivity contribution in [1.29, 1.82) is 0 Å². The highest BCUT2D eigenvalue weighted by molar-refractivity contribution is 5.87. The predicted octanol–water partition coefficient (Wildman–Crippen LogP) is 3.03. The molecule has 94 valence electrons. The maximum atomic E-state index is 12.0. The van der Waals surface area contributed by atoms with Crippen LogP contribution in [-0.2, 0) is 4.79 Å². The van der Waals surface area contributed by atoms with Crippen LogP contribution >= 0.6 is 0 Å². The molecule has 0 fully saturated rings. The first-order valence-corrected chi connectivity index (χ1v) is 5.76. The molecule has 0 saturated carbocycles. The fourth-order valence-corrected chi connectivity index (χ4v) is 1.83. The Morgan fingerprint density at radius 2 is 1.76 bits per heavy atom. The summed E-state index contributed by atoms with van der Waals surface area (Å²) < 4.78 is 10.5. The monoisotopic (exact) mass is 236 g/mol. The molecule has 0 aliphatic carbocycles. The molecule has 3 nitrogen and oxygen atoms in total. The van der Waals surface area contributed by atoms with Crippen molar-refractivity contribution in [3.05, 3.63) is 23.8 Å². The zero-order valence-electron chi connectivity index (χ0n) is 11.1. The number of rotatable bonds is 5. The van der Waals surface area contributed by atoms with Crippen molar-refractivity contribution in [3.63, 3.8) is 0 Å². The number of carbonyl (C=O) groups is 1. The molecule has 3 heteroatoms. The molecule has 1 aromatic carbocycles. The molecule has 0 aromatic heterocycles. The van der Waals surface area contributed by atoms with Crippen LogP contribution in [0.15, 0.2) is 18.2 Å². The van der Waals surface area contributed by atoms with E-state index in [0.717, 1.165) is 17.1 Å². The van der Waals surface area contributed by atoms with Crippen molar-refractivity contribution < 1.29 is 14.3 Å². The van der Waals surface area contributed by atoms with Crippen LogP contribution in [0, 0.1) is 5.92 Å². The van der Waals surface area contributed by atoms with Crippen LogP contribution in [0.4, 0.5) is 0 Å². The zero-order valence-corrected chi connectivity index (χ0v) is 11.1. The van der Waals surface area contributed by atoms with E-state index < -0.39 is 0 Å². The quantitative estimate of drug-likeness (QED) is 0.788. The summed E-state index contributed by atoms with van der Waals surface area (Å²) in [5, 5.41) is 0. The van der Waals surface area contributed by atoms with Gasteiger partial charge < -0.3 is 9.47 Å². The van der Waals surface area contributed by atoms with Gasteiger partial charge in [-0.3, -0.25) is 4.79 Å². The summed E-state index contributed by atoms with van der Waals surface area (Å²) in [4.78, 5) is 12.0. The fourth-order valence-electron chi connectivity index (χ4n) is 1.83. The van der Waals surface area contributed by atoms with E-state index in [0.29, 0.717) is 0 Å². The third-order valence-electron chi connectivity index (χ3n) is 2.90. The third kappa shape index (κ3) is 2.99. The van der Waals surface area contributed by atoms with Gasteiger partial charge >= 0.3 is 0 Å². The summed E-state index contributed by atoms with van der Waals surface area (Å²) in [6, 6.07) is 5.52. The van der Waals surface area contributed by atoms with Gasteiger partial charge in [0.1, 0.15) is 17.3 Å². The first-order chi connectivity index (χ1) is 8.01. The number of methoxy groups -OCH3 is 2. The Morgan fingerprint density at radius 1 is 1.12 bits per heavy atom. The van der Waals surface area contributed by atoms with Crippen LogP contribution in [0.2, 0.25) is 0 Å². The molecule has 0 spiro atoms. The lowest BCUT2D eigenvalue weighted by Crippen LogP contribution is -2.16. The molecule has 0 saturated heterocycles. The van der Waals surface area contributed by atoms with E-state index in [1.807, 2.05) is 39.0 Å². The average Bonchev–Trinajstić information content (AvgIpc) is 2.35. The second-order valence-electron chi connectivity index (χ2n) is 4.39. The Labute approximate surface area is 103 Å². The van der Waals surface area contributed by atoms with Crippen molar-refractivity contribution in [2.45, 2.75) is 26.7 Å². The van der Waals surface area contributed by atoms with Gasteiger partial charge in [-0.05, 0) is 18.2 Å². The molecule has 0 N–H and O–H groups in total. The van der Waals surface area contributed by atoms with Crippen molar-refractivity contribution in [1.82, 2.24) is 0 Å². The van der Waals surface area contributed by atoms with Gasteiger partial charge in [0.25, 0.3) is 0 Å². The van der Waals surface area contributed by atoms with Crippen LogP contribution < -0.4 is 9.47 Å². The summed E-state index contributed by atoms with van der Waals surface area (Å²) in [5.74, 6) is 1.51. The molecule has 17 heavy (non-hydrogen) atoms. The van der Waals surface area contributed by atoms with Crippen molar-refractivity contribution in [2.75, 3.05) is 14.2 Å². The Kier molecular flexibility index (Phi) is 4.55. The van der Waals surface area contributed by atoms with Gasteiger partial charge in [-0.1, -0.05) is 20.8 Å². The van der Waals surface area contributed by atoms with Gasteiger partial charge in [0.15, 0.2) is 0 Å². The van der Waals surface area contributed by atoms with Crippen LogP contribution in [0.5, 0.6) is 11.5 Å². The molecule has 0 bridgehead atoms. The van der Waals surface area contributed by atoms with Crippen molar-refractivity contribution in [2.24, 2.45) is 5.92 Å². The number of benzene rings is 1. The van der Waals surface area contributed by atoms with E-state index in [1.165, 1.54) is 0 Å². The van der Waals surface area contributed by atoms with E-state index in [9.17, 15) is 4.79 Å². The highest BCUT2D eigenvalue weighted by Crippen LogP contribution is 2.32. The third-order valence-corrected chi connectivity index (χ3v) is 2.90. The summed E-state index contributed by atoms with van der Waals surface area (Å²) in [7, 11) is 3.22. The Morgan fingerprint density at radius 3 is 2.24 bits per heavy atom. The minimum absolute atomic E-state index is 0.0147. The molecule has 1 atom stereocenters. The summed E-state index contributed by atoms with van der Waals surface area (Å²) in [6.45, 7) is 5.72. The maximum Gasteiger partial charge on any atom is 0.142 e. The van der Waals surface area contributed by atoms with Gasteiger partial charge in [0.05, 0.1) is 14.2 Å². The first kappa shape index (κ1) is 13.6. The van der Waals surface area contributed by atoms with Gasteiger partial charge in [-0.2, -0.15) is 0 Å². The number of hydrogen-bond donors (Lipinski definition) is 0. The second-order valence-corrected chi connectivity index (χ2v) is 4.39. The van der Waals surface area contributed by atoms with Gasteiger partial charge in [0, 0.05) is 17.4 Å². The highest BCUT2D eigenvalue weighted by atomic mass is 16.5. The number of Topliss-reactive ketones (excluding diaryl/α,β-unsaturated/α-hetero) is 1. The van der Waals surface area contributed by atoms with Crippen LogP contribution in [0.3, 0.4) is 0 Å². The Balaban J connectivity index is 3.13. The molecule has 0 heterocycles. The predicted molar refractivity (Wildman–Crippen MR) is 67.8 cm³/mol. The zero-order chi connectivity index (χ0) is 13.0. The number of hydrogen-bond acceptors (Lipinski definition) is 3. The van der Waals surface area contributed by atoms with E-state index in [2.05, 4.69) is 0 Å². The first-order valence-electron chi connectivity index (χ1n) is 5.76. The van der Waals surface area contributed by atoms with E-state index in [4.69, 9.17) is 9.47 Å². The van der Waals surface area contributed by atoms with Gasteiger partial charge in [-0.25, -0.2) is 0 Å². The minimum Gasteiger partial charge on any atom is -0.497 e. The highest BCUT2D eigenvalue weighted by Gasteiger charge is 2.22.